The molecule has 3 aromatic rings. The van der Waals surface area contributed by atoms with Crippen LogP contribution in [0.4, 0.5) is 0 Å². The molecule has 0 aliphatic rings. The second kappa shape index (κ2) is 6.45. The molecule has 0 aliphatic carbocycles. The fourth-order valence-electron chi connectivity index (χ4n) is 2.23. The summed E-state index contributed by atoms with van der Waals surface area (Å²) in [5.41, 5.74) is 1.57. The number of ether oxygens (including phenoxy) is 1. The molecule has 7 heteroatoms. The van der Waals surface area contributed by atoms with Gasteiger partial charge in [-0.15, -0.1) is 0 Å². The molecule has 124 valence electrons. The van der Waals surface area contributed by atoms with E-state index in [9.17, 15) is 8.42 Å². The quantitative estimate of drug-likeness (QED) is 0.707. The predicted octanol–water partition coefficient (Wildman–Crippen LogP) is 3.03. The molecule has 6 nitrogen and oxygen atoms in total. The number of hydrogen-bond acceptors (Lipinski definition) is 6. The molecule has 0 N–H and O–H groups in total. The van der Waals surface area contributed by atoms with Crippen LogP contribution in [0.15, 0.2) is 57.9 Å². The zero-order valence-electron chi connectivity index (χ0n) is 13.3. The van der Waals surface area contributed by atoms with E-state index < -0.39 is 9.84 Å². The highest BCUT2D eigenvalue weighted by Crippen LogP contribution is 2.22. The van der Waals surface area contributed by atoms with Gasteiger partial charge in [0.1, 0.15) is 11.5 Å². The SMILES string of the molecule is COc1ccc(-c2nc(CS(=O)(=O)c3cccc(C)c3)no2)cc1. The maximum absolute atomic E-state index is 12.4. The molecule has 3 rings (SSSR count). The van der Waals surface area contributed by atoms with Gasteiger partial charge >= 0.3 is 0 Å². The van der Waals surface area contributed by atoms with Crippen LogP contribution in [-0.2, 0) is 15.6 Å². The van der Waals surface area contributed by atoms with Gasteiger partial charge in [-0.2, -0.15) is 4.98 Å². The van der Waals surface area contributed by atoms with E-state index in [0.717, 1.165) is 5.56 Å². The number of aromatic nitrogens is 2. The summed E-state index contributed by atoms with van der Waals surface area (Å²) in [7, 11) is -1.94. The fraction of sp³-hybridized carbons (Fsp3) is 0.176. The lowest BCUT2D eigenvalue weighted by atomic mass is 10.2. The molecule has 0 aliphatic heterocycles. The number of benzene rings is 2. The summed E-state index contributed by atoms with van der Waals surface area (Å²) < 4.78 is 35.1. The molecule has 0 amide bonds. The first-order valence-electron chi connectivity index (χ1n) is 7.24. The van der Waals surface area contributed by atoms with Crippen molar-refractivity contribution in [3.05, 3.63) is 59.9 Å². The molecular formula is C17H16N2O4S. The van der Waals surface area contributed by atoms with Crippen LogP contribution < -0.4 is 4.74 Å². The Morgan fingerprint density at radius 2 is 1.88 bits per heavy atom. The van der Waals surface area contributed by atoms with Crippen molar-refractivity contribution in [2.24, 2.45) is 0 Å². The Labute approximate surface area is 140 Å². The predicted molar refractivity (Wildman–Crippen MR) is 88.4 cm³/mol. The van der Waals surface area contributed by atoms with Crippen molar-refractivity contribution < 1.29 is 17.7 Å². The number of methoxy groups -OCH3 is 1. The topological polar surface area (TPSA) is 82.3 Å². The first kappa shape index (κ1) is 16.2. The van der Waals surface area contributed by atoms with Gasteiger partial charge in [0.25, 0.3) is 5.89 Å². The fourth-order valence-corrected chi connectivity index (χ4v) is 3.50. The summed E-state index contributed by atoms with van der Waals surface area (Å²) in [5.74, 6) is 0.797. The van der Waals surface area contributed by atoms with Crippen molar-refractivity contribution in [1.82, 2.24) is 10.1 Å². The Hall–Kier alpha value is -2.67. The smallest absolute Gasteiger partial charge is 0.257 e. The van der Waals surface area contributed by atoms with Gasteiger partial charge in [-0.05, 0) is 48.9 Å². The van der Waals surface area contributed by atoms with Crippen LogP contribution in [-0.4, -0.2) is 25.7 Å². The minimum Gasteiger partial charge on any atom is -0.497 e. The minimum absolute atomic E-state index is 0.127. The number of sulfone groups is 1. The second-order valence-electron chi connectivity index (χ2n) is 5.32. The Kier molecular flexibility index (Phi) is 4.35. The van der Waals surface area contributed by atoms with Crippen LogP contribution in [0.25, 0.3) is 11.5 Å². The Morgan fingerprint density at radius 1 is 1.12 bits per heavy atom. The van der Waals surface area contributed by atoms with Crippen molar-refractivity contribution in [1.29, 1.82) is 0 Å². The summed E-state index contributed by atoms with van der Waals surface area (Å²) in [6.07, 6.45) is 0. The van der Waals surface area contributed by atoms with Crippen LogP contribution in [0.3, 0.4) is 0 Å². The normalized spacial score (nSPS) is 11.4. The van der Waals surface area contributed by atoms with Gasteiger partial charge in [0.15, 0.2) is 15.7 Å². The van der Waals surface area contributed by atoms with Crippen LogP contribution in [0.1, 0.15) is 11.4 Å². The molecule has 0 bridgehead atoms. The highest BCUT2D eigenvalue weighted by molar-refractivity contribution is 7.90. The molecule has 0 unspecified atom stereocenters. The summed E-state index contributed by atoms with van der Waals surface area (Å²) in [4.78, 5) is 4.42. The highest BCUT2D eigenvalue weighted by atomic mass is 32.2. The summed E-state index contributed by atoms with van der Waals surface area (Å²) in [6, 6.07) is 13.8. The lowest BCUT2D eigenvalue weighted by molar-refractivity contribution is 0.414. The van der Waals surface area contributed by atoms with Crippen molar-refractivity contribution >= 4 is 9.84 Å². The zero-order chi connectivity index (χ0) is 17.2. The molecule has 0 atom stereocenters. The number of hydrogen-bond donors (Lipinski definition) is 0. The van der Waals surface area contributed by atoms with Crippen LogP contribution in [0.5, 0.6) is 5.75 Å². The summed E-state index contributed by atoms with van der Waals surface area (Å²) in [5, 5.41) is 3.77. The second-order valence-corrected chi connectivity index (χ2v) is 7.31. The third-order valence-electron chi connectivity index (χ3n) is 3.47. The molecule has 0 fully saturated rings. The number of rotatable bonds is 5. The van der Waals surface area contributed by atoms with E-state index in [1.807, 2.05) is 13.0 Å². The molecule has 0 radical (unpaired) electrons. The van der Waals surface area contributed by atoms with Crippen molar-refractivity contribution in [2.45, 2.75) is 17.6 Å². The zero-order valence-corrected chi connectivity index (χ0v) is 14.1. The standard InChI is InChI=1S/C17H16N2O4S/c1-12-4-3-5-15(10-12)24(20,21)11-16-18-17(23-19-16)13-6-8-14(22-2)9-7-13/h3-10H,11H2,1-2H3. The average molecular weight is 344 g/mol. The van der Waals surface area contributed by atoms with Crippen molar-refractivity contribution in [3.8, 4) is 17.2 Å². The van der Waals surface area contributed by atoms with Crippen LogP contribution in [0.2, 0.25) is 0 Å². The lowest BCUT2D eigenvalue weighted by Crippen LogP contribution is -2.06. The molecular weight excluding hydrogens is 328 g/mol. The Morgan fingerprint density at radius 3 is 2.54 bits per heavy atom. The summed E-state index contributed by atoms with van der Waals surface area (Å²) in [6.45, 7) is 1.84. The van der Waals surface area contributed by atoms with E-state index in [4.69, 9.17) is 9.26 Å². The largest absolute Gasteiger partial charge is 0.497 e. The number of nitrogens with zero attached hydrogens (tertiary/aromatic N) is 2. The minimum atomic E-state index is -3.52. The van der Waals surface area contributed by atoms with E-state index in [1.165, 1.54) is 0 Å². The van der Waals surface area contributed by atoms with Gasteiger partial charge in [0, 0.05) is 5.56 Å². The molecule has 0 spiro atoms. The molecule has 1 heterocycles. The Balaban J connectivity index is 1.83. The summed E-state index contributed by atoms with van der Waals surface area (Å²) >= 11 is 0. The van der Waals surface area contributed by atoms with Gasteiger partial charge in [-0.1, -0.05) is 17.3 Å². The van der Waals surface area contributed by atoms with Gasteiger partial charge in [-0.3, -0.25) is 0 Å². The van der Waals surface area contributed by atoms with Crippen LogP contribution in [0, 0.1) is 6.92 Å². The highest BCUT2D eigenvalue weighted by Gasteiger charge is 2.20. The van der Waals surface area contributed by atoms with E-state index in [0.29, 0.717) is 11.3 Å². The Bertz CT molecular complexity index is 947. The van der Waals surface area contributed by atoms with Crippen molar-refractivity contribution in [2.75, 3.05) is 7.11 Å². The first-order valence-corrected chi connectivity index (χ1v) is 8.89. The molecule has 24 heavy (non-hydrogen) atoms. The molecule has 2 aromatic carbocycles. The van der Waals surface area contributed by atoms with E-state index >= 15 is 0 Å². The van der Waals surface area contributed by atoms with E-state index in [1.54, 1.807) is 49.6 Å². The first-order chi connectivity index (χ1) is 11.5. The molecule has 1 aromatic heterocycles. The number of aryl methyl sites for hydroxylation is 1. The van der Waals surface area contributed by atoms with Gasteiger partial charge in [0.05, 0.1) is 12.0 Å². The maximum Gasteiger partial charge on any atom is 0.257 e. The average Bonchev–Trinajstić information content (AvgIpc) is 3.03. The van der Waals surface area contributed by atoms with Gasteiger partial charge in [-0.25, -0.2) is 8.42 Å². The monoisotopic (exact) mass is 344 g/mol. The maximum atomic E-state index is 12.4. The van der Waals surface area contributed by atoms with Gasteiger partial charge in [0.2, 0.25) is 0 Å². The van der Waals surface area contributed by atoms with E-state index in [2.05, 4.69) is 10.1 Å². The molecule has 0 saturated heterocycles. The molecule has 0 saturated carbocycles. The van der Waals surface area contributed by atoms with Crippen molar-refractivity contribution in [3.63, 3.8) is 0 Å². The van der Waals surface area contributed by atoms with E-state index in [-0.39, 0.29) is 22.4 Å². The lowest BCUT2D eigenvalue weighted by Gasteiger charge is -2.02. The van der Waals surface area contributed by atoms with Crippen LogP contribution >= 0.6 is 0 Å². The third kappa shape index (κ3) is 3.46. The third-order valence-corrected chi connectivity index (χ3v) is 5.08. The van der Waals surface area contributed by atoms with Gasteiger partial charge < -0.3 is 9.26 Å².